The molecule has 21 heavy (non-hydrogen) atoms. The number of ether oxygens (including phenoxy) is 1. The summed E-state index contributed by atoms with van der Waals surface area (Å²) in [6, 6.07) is 7.25. The normalized spacial score (nSPS) is 17.8. The summed E-state index contributed by atoms with van der Waals surface area (Å²) >= 11 is 0. The first-order valence-corrected chi connectivity index (χ1v) is 7.16. The van der Waals surface area contributed by atoms with E-state index in [9.17, 15) is 4.79 Å². The molecule has 2 aromatic rings. The van der Waals surface area contributed by atoms with Gasteiger partial charge in [-0.1, -0.05) is 6.07 Å². The Morgan fingerprint density at radius 3 is 3.00 bits per heavy atom. The molecule has 0 bridgehead atoms. The molecule has 1 amide bonds. The van der Waals surface area contributed by atoms with Crippen molar-refractivity contribution in [3.05, 3.63) is 54.2 Å². The molecule has 0 unspecified atom stereocenters. The van der Waals surface area contributed by atoms with Gasteiger partial charge < -0.3 is 14.1 Å². The van der Waals surface area contributed by atoms with Crippen molar-refractivity contribution in [1.82, 2.24) is 9.88 Å². The van der Waals surface area contributed by atoms with E-state index in [4.69, 9.17) is 9.15 Å². The highest BCUT2D eigenvalue weighted by atomic mass is 16.5. The Balaban J connectivity index is 1.75. The van der Waals surface area contributed by atoms with Gasteiger partial charge in [-0.15, -0.1) is 0 Å². The van der Waals surface area contributed by atoms with Crippen LogP contribution in [-0.4, -0.2) is 35.0 Å². The number of nitrogens with zero attached hydrogens (tertiary/aromatic N) is 2. The first-order chi connectivity index (χ1) is 10.3. The molecule has 1 aliphatic heterocycles. The van der Waals surface area contributed by atoms with Gasteiger partial charge in [-0.2, -0.15) is 0 Å². The molecule has 1 atom stereocenters. The third-order valence-corrected chi connectivity index (χ3v) is 3.56. The zero-order chi connectivity index (χ0) is 14.5. The Bertz CT molecular complexity index is 562. The number of rotatable bonds is 5. The van der Waals surface area contributed by atoms with Crippen LogP contribution in [0.4, 0.5) is 0 Å². The Hall–Kier alpha value is -2.14. The average molecular weight is 286 g/mol. The standard InChI is InChI=1S/C16H18N2O3/c19-16(15-6-3-9-21-15)18(12-14-5-2-8-20-14)11-13-4-1-7-17-10-13/h1,3-4,6-7,9-10,14H,2,5,8,11-12H2/t14-/m1/s1. The summed E-state index contributed by atoms with van der Waals surface area (Å²) in [5.41, 5.74) is 0.996. The monoisotopic (exact) mass is 286 g/mol. The van der Waals surface area contributed by atoms with Crippen LogP contribution in [0.15, 0.2) is 47.3 Å². The molecule has 1 saturated heterocycles. The second-order valence-corrected chi connectivity index (χ2v) is 5.16. The predicted octanol–water partition coefficient (Wildman–Crippen LogP) is 2.50. The lowest BCUT2D eigenvalue weighted by atomic mass is 10.2. The zero-order valence-electron chi connectivity index (χ0n) is 11.8. The van der Waals surface area contributed by atoms with Gasteiger partial charge in [-0.25, -0.2) is 0 Å². The Morgan fingerprint density at radius 2 is 2.33 bits per heavy atom. The number of hydrogen-bond donors (Lipinski definition) is 0. The molecule has 2 aromatic heterocycles. The van der Waals surface area contributed by atoms with Gasteiger partial charge in [-0.3, -0.25) is 9.78 Å². The lowest BCUT2D eigenvalue weighted by Gasteiger charge is -2.24. The summed E-state index contributed by atoms with van der Waals surface area (Å²) in [6.45, 7) is 1.86. The number of carbonyl (C=O) groups is 1. The van der Waals surface area contributed by atoms with Gasteiger partial charge in [0, 0.05) is 32.1 Å². The van der Waals surface area contributed by atoms with E-state index in [1.807, 2.05) is 12.1 Å². The van der Waals surface area contributed by atoms with Crippen molar-refractivity contribution in [3.8, 4) is 0 Å². The highest BCUT2D eigenvalue weighted by Gasteiger charge is 2.24. The summed E-state index contributed by atoms with van der Waals surface area (Å²) in [6.07, 6.45) is 7.18. The van der Waals surface area contributed by atoms with Crippen LogP contribution in [0.5, 0.6) is 0 Å². The van der Waals surface area contributed by atoms with Crippen molar-refractivity contribution in [2.45, 2.75) is 25.5 Å². The molecule has 0 radical (unpaired) electrons. The minimum atomic E-state index is -0.112. The SMILES string of the molecule is O=C(c1ccco1)N(Cc1cccnc1)C[C@H]1CCCO1. The van der Waals surface area contributed by atoms with Gasteiger partial charge in [0.15, 0.2) is 5.76 Å². The van der Waals surface area contributed by atoms with E-state index in [1.54, 1.807) is 29.4 Å². The maximum Gasteiger partial charge on any atom is 0.289 e. The van der Waals surface area contributed by atoms with E-state index < -0.39 is 0 Å². The molecule has 5 nitrogen and oxygen atoms in total. The molecule has 3 heterocycles. The van der Waals surface area contributed by atoms with E-state index in [1.165, 1.54) is 6.26 Å². The molecule has 110 valence electrons. The van der Waals surface area contributed by atoms with E-state index >= 15 is 0 Å². The molecule has 0 aromatic carbocycles. The summed E-state index contributed by atoms with van der Waals surface area (Å²) in [5.74, 6) is 0.247. The van der Waals surface area contributed by atoms with Crippen molar-refractivity contribution in [3.63, 3.8) is 0 Å². The number of carbonyl (C=O) groups excluding carboxylic acids is 1. The van der Waals surface area contributed by atoms with Crippen LogP contribution in [0.3, 0.4) is 0 Å². The van der Waals surface area contributed by atoms with Crippen molar-refractivity contribution in [2.75, 3.05) is 13.2 Å². The lowest BCUT2D eigenvalue weighted by molar-refractivity contribution is 0.0484. The Kier molecular flexibility index (Phi) is 4.31. The fourth-order valence-corrected chi connectivity index (χ4v) is 2.52. The molecule has 0 saturated carbocycles. The number of amides is 1. The van der Waals surface area contributed by atoms with Crippen LogP contribution in [0.2, 0.25) is 0 Å². The minimum Gasteiger partial charge on any atom is -0.459 e. The fourth-order valence-electron chi connectivity index (χ4n) is 2.52. The maximum atomic E-state index is 12.6. The van der Waals surface area contributed by atoms with Crippen molar-refractivity contribution in [2.24, 2.45) is 0 Å². The smallest absolute Gasteiger partial charge is 0.289 e. The van der Waals surface area contributed by atoms with Crippen LogP contribution in [0.25, 0.3) is 0 Å². The first-order valence-electron chi connectivity index (χ1n) is 7.16. The largest absolute Gasteiger partial charge is 0.459 e. The molecule has 3 rings (SSSR count). The predicted molar refractivity (Wildman–Crippen MR) is 76.7 cm³/mol. The van der Waals surface area contributed by atoms with Gasteiger partial charge in [0.05, 0.1) is 12.4 Å². The minimum absolute atomic E-state index is 0.112. The second kappa shape index (κ2) is 6.54. The second-order valence-electron chi connectivity index (χ2n) is 5.16. The number of pyridine rings is 1. The van der Waals surface area contributed by atoms with E-state index in [0.29, 0.717) is 18.8 Å². The van der Waals surface area contributed by atoms with Gasteiger partial charge in [-0.05, 0) is 36.6 Å². The molecule has 0 N–H and O–H groups in total. The topological polar surface area (TPSA) is 55.6 Å². The van der Waals surface area contributed by atoms with E-state index in [2.05, 4.69) is 4.98 Å². The van der Waals surface area contributed by atoms with Crippen LogP contribution in [0.1, 0.15) is 29.0 Å². The van der Waals surface area contributed by atoms with Crippen molar-refractivity contribution >= 4 is 5.91 Å². The number of furan rings is 1. The maximum absolute atomic E-state index is 12.6. The summed E-state index contributed by atoms with van der Waals surface area (Å²) in [4.78, 5) is 18.4. The zero-order valence-corrected chi connectivity index (χ0v) is 11.8. The van der Waals surface area contributed by atoms with Gasteiger partial charge in [0.2, 0.25) is 0 Å². The number of aromatic nitrogens is 1. The lowest BCUT2D eigenvalue weighted by Crippen LogP contribution is -2.36. The molecular formula is C16H18N2O3. The number of hydrogen-bond acceptors (Lipinski definition) is 4. The summed E-state index contributed by atoms with van der Waals surface area (Å²) < 4.78 is 10.9. The van der Waals surface area contributed by atoms with Crippen LogP contribution < -0.4 is 0 Å². The molecule has 1 aliphatic rings. The third kappa shape index (κ3) is 3.49. The van der Waals surface area contributed by atoms with Crippen molar-refractivity contribution < 1.29 is 13.9 Å². The average Bonchev–Trinajstić information content (AvgIpc) is 3.20. The Labute approximate surface area is 123 Å². The van der Waals surface area contributed by atoms with E-state index in [0.717, 1.165) is 25.0 Å². The summed E-state index contributed by atoms with van der Waals surface area (Å²) in [7, 11) is 0. The quantitative estimate of drug-likeness (QED) is 0.847. The van der Waals surface area contributed by atoms with Crippen LogP contribution in [-0.2, 0) is 11.3 Å². The molecular weight excluding hydrogens is 268 g/mol. The van der Waals surface area contributed by atoms with Gasteiger partial charge in [0.1, 0.15) is 0 Å². The fraction of sp³-hybridized carbons (Fsp3) is 0.375. The molecule has 0 aliphatic carbocycles. The van der Waals surface area contributed by atoms with E-state index in [-0.39, 0.29) is 12.0 Å². The van der Waals surface area contributed by atoms with Crippen LogP contribution >= 0.6 is 0 Å². The van der Waals surface area contributed by atoms with Gasteiger partial charge >= 0.3 is 0 Å². The van der Waals surface area contributed by atoms with Crippen LogP contribution in [0, 0.1) is 0 Å². The summed E-state index contributed by atoms with van der Waals surface area (Å²) in [5, 5.41) is 0. The third-order valence-electron chi connectivity index (χ3n) is 3.56. The highest BCUT2D eigenvalue weighted by Crippen LogP contribution is 2.17. The Morgan fingerprint density at radius 1 is 1.38 bits per heavy atom. The molecule has 0 spiro atoms. The van der Waals surface area contributed by atoms with Crippen molar-refractivity contribution in [1.29, 1.82) is 0 Å². The highest BCUT2D eigenvalue weighted by molar-refractivity contribution is 5.91. The molecule has 5 heteroatoms. The molecule has 1 fully saturated rings. The first kappa shape index (κ1) is 13.8. The van der Waals surface area contributed by atoms with Gasteiger partial charge in [0.25, 0.3) is 5.91 Å².